The van der Waals surface area contributed by atoms with Crippen molar-refractivity contribution in [3.63, 3.8) is 0 Å². The molecule has 0 atom stereocenters. The maximum absolute atomic E-state index is 11.2. The summed E-state index contributed by atoms with van der Waals surface area (Å²) < 4.78 is 5.09. The maximum Gasteiger partial charge on any atom is 0.333 e. The highest BCUT2D eigenvalue weighted by Crippen LogP contribution is 2.33. The SMILES string of the molecule is C=C(C)C(=O)OCCCCC1CCC(CC)CC1. The van der Waals surface area contributed by atoms with Gasteiger partial charge in [0, 0.05) is 5.57 Å². The average Bonchev–Trinajstić information content (AvgIpc) is 2.38. The summed E-state index contributed by atoms with van der Waals surface area (Å²) in [4.78, 5) is 11.2. The molecule has 0 saturated heterocycles. The maximum atomic E-state index is 11.2. The summed E-state index contributed by atoms with van der Waals surface area (Å²) in [6, 6.07) is 0. The highest BCUT2D eigenvalue weighted by Gasteiger charge is 2.19. The molecule has 1 rings (SSSR count). The van der Waals surface area contributed by atoms with Gasteiger partial charge >= 0.3 is 5.97 Å². The first-order valence-corrected chi connectivity index (χ1v) is 7.46. The van der Waals surface area contributed by atoms with Gasteiger partial charge in [0.2, 0.25) is 0 Å². The molecule has 1 saturated carbocycles. The van der Waals surface area contributed by atoms with E-state index >= 15 is 0 Å². The lowest BCUT2D eigenvalue weighted by atomic mass is 9.79. The van der Waals surface area contributed by atoms with Crippen LogP contribution in [0.1, 0.15) is 65.2 Å². The first kappa shape index (κ1) is 15.3. The van der Waals surface area contributed by atoms with E-state index in [-0.39, 0.29) is 5.97 Å². The van der Waals surface area contributed by atoms with Crippen molar-refractivity contribution in [2.24, 2.45) is 11.8 Å². The average molecular weight is 252 g/mol. The second kappa shape index (κ2) is 8.34. The van der Waals surface area contributed by atoms with E-state index in [1.807, 2.05) is 0 Å². The molecule has 0 radical (unpaired) electrons. The van der Waals surface area contributed by atoms with Crippen LogP contribution >= 0.6 is 0 Å². The summed E-state index contributed by atoms with van der Waals surface area (Å²) in [6.07, 6.45) is 10.5. The molecular weight excluding hydrogens is 224 g/mol. The summed E-state index contributed by atoms with van der Waals surface area (Å²) in [5, 5.41) is 0. The van der Waals surface area contributed by atoms with Crippen molar-refractivity contribution >= 4 is 5.97 Å². The van der Waals surface area contributed by atoms with Crippen molar-refractivity contribution in [3.05, 3.63) is 12.2 Å². The Hall–Kier alpha value is -0.790. The van der Waals surface area contributed by atoms with E-state index in [0.717, 1.165) is 18.3 Å². The van der Waals surface area contributed by atoms with Crippen molar-refractivity contribution < 1.29 is 9.53 Å². The topological polar surface area (TPSA) is 26.3 Å². The number of carbonyl (C=O) groups excluding carboxylic acids is 1. The second-order valence-corrected chi connectivity index (χ2v) is 5.71. The van der Waals surface area contributed by atoms with Gasteiger partial charge in [-0.25, -0.2) is 4.79 Å². The molecule has 2 heteroatoms. The summed E-state index contributed by atoms with van der Waals surface area (Å²) >= 11 is 0. The monoisotopic (exact) mass is 252 g/mol. The molecular formula is C16H28O2. The standard InChI is InChI=1S/C16H28O2/c1-4-14-8-10-15(11-9-14)7-5-6-12-18-16(17)13(2)3/h14-15H,2,4-12H2,1,3H3. The minimum Gasteiger partial charge on any atom is -0.462 e. The van der Waals surface area contributed by atoms with Gasteiger partial charge in [-0.15, -0.1) is 0 Å². The van der Waals surface area contributed by atoms with Crippen molar-refractivity contribution in [1.82, 2.24) is 0 Å². The minimum atomic E-state index is -0.251. The lowest BCUT2D eigenvalue weighted by Gasteiger charge is -2.27. The molecule has 0 amide bonds. The number of hydrogen-bond donors (Lipinski definition) is 0. The van der Waals surface area contributed by atoms with E-state index in [9.17, 15) is 4.79 Å². The van der Waals surface area contributed by atoms with Crippen LogP contribution in [0.15, 0.2) is 12.2 Å². The predicted molar refractivity (Wildman–Crippen MR) is 75.4 cm³/mol. The molecule has 1 aliphatic carbocycles. The Bertz CT molecular complexity index is 262. The highest BCUT2D eigenvalue weighted by molar-refractivity contribution is 5.86. The Morgan fingerprint density at radius 1 is 1.17 bits per heavy atom. The second-order valence-electron chi connectivity index (χ2n) is 5.71. The van der Waals surface area contributed by atoms with E-state index in [4.69, 9.17) is 4.74 Å². The zero-order valence-electron chi connectivity index (χ0n) is 12.0. The lowest BCUT2D eigenvalue weighted by molar-refractivity contribution is -0.139. The van der Waals surface area contributed by atoms with Crippen LogP contribution in [0, 0.1) is 11.8 Å². The molecule has 0 heterocycles. The van der Waals surface area contributed by atoms with E-state index < -0.39 is 0 Å². The number of ether oxygens (including phenoxy) is 1. The van der Waals surface area contributed by atoms with Gasteiger partial charge in [0.15, 0.2) is 0 Å². The smallest absolute Gasteiger partial charge is 0.333 e. The Balaban J connectivity index is 1.99. The van der Waals surface area contributed by atoms with Gasteiger partial charge in [-0.3, -0.25) is 0 Å². The number of rotatable bonds is 7. The van der Waals surface area contributed by atoms with Crippen LogP contribution in [0.5, 0.6) is 0 Å². The van der Waals surface area contributed by atoms with Crippen molar-refractivity contribution in [2.75, 3.05) is 6.61 Å². The van der Waals surface area contributed by atoms with Crippen LogP contribution in [-0.2, 0) is 9.53 Å². The Labute approximate surface area is 112 Å². The Morgan fingerprint density at radius 2 is 1.78 bits per heavy atom. The molecule has 104 valence electrons. The van der Waals surface area contributed by atoms with E-state index in [1.54, 1.807) is 6.92 Å². The molecule has 0 bridgehead atoms. The van der Waals surface area contributed by atoms with E-state index in [2.05, 4.69) is 13.5 Å². The van der Waals surface area contributed by atoms with Crippen LogP contribution in [0.2, 0.25) is 0 Å². The molecule has 0 spiro atoms. The van der Waals surface area contributed by atoms with Crippen LogP contribution in [0.3, 0.4) is 0 Å². The van der Waals surface area contributed by atoms with Crippen LogP contribution in [-0.4, -0.2) is 12.6 Å². The summed E-state index contributed by atoms with van der Waals surface area (Å²) in [5.41, 5.74) is 0.493. The van der Waals surface area contributed by atoms with E-state index in [1.165, 1.54) is 44.9 Å². The highest BCUT2D eigenvalue weighted by atomic mass is 16.5. The van der Waals surface area contributed by atoms with Gasteiger partial charge in [-0.2, -0.15) is 0 Å². The van der Waals surface area contributed by atoms with Gasteiger partial charge in [-0.05, 0) is 31.6 Å². The largest absolute Gasteiger partial charge is 0.462 e. The molecule has 18 heavy (non-hydrogen) atoms. The first-order valence-electron chi connectivity index (χ1n) is 7.46. The first-order chi connectivity index (χ1) is 8.63. The van der Waals surface area contributed by atoms with Gasteiger partial charge in [0.25, 0.3) is 0 Å². The fourth-order valence-corrected chi connectivity index (χ4v) is 2.75. The molecule has 1 aliphatic rings. The summed E-state index contributed by atoms with van der Waals surface area (Å²) in [6.45, 7) is 8.12. The molecule has 0 aromatic carbocycles. The zero-order chi connectivity index (χ0) is 13.4. The lowest BCUT2D eigenvalue weighted by Crippen LogP contribution is -2.14. The third kappa shape index (κ3) is 5.70. The van der Waals surface area contributed by atoms with Gasteiger partial charge < -0.3 is 4.74 Å². The van der Waals surface area contributed by atoms with Gasteiger partial charge in [0.05, 0.1) is 6.61 Å². The van der Waals surface area contributed by atoms with Crippen LogP contribution in [0.25, 0.3) is 0 Å². The van der Waals surface area contributed by atoms with Gasteiger partial charge in [-0.1, -0.05) is 52.0 Å². The Kier molecular flexibility index (Phi) is 7.07. The Morgan fingerprint density at radius 3 is 2.33 bits per heavy atom. The number of esters is 1. The quantitative estimate of drug-likeness (QED) is 0.379. The number of hydrogen-bond acceptors (Lipinski definition) is 2. The molecule has 2 nitrogen and oxygen atoms in total. The van der Waals surface area contributed by atoms with Crippen molar-refractivity contribution in [2.45, 2.75) is 65.2 Å². The fourth-order valence-electron chi connectivity index (χ4n) is 2.75. The molecule has 0 N–H and O–H groups in total. The molecule has 0 aliphatic heterocycles. The third-order valence-electron chi connectivity index (χ3n) is 4.13. The summed E-state index contributed by atoms with van der Waals surface area (Å²) in [5.74, 6) is 1.65. The predicted octanol–water partition coefficient (Wildman–Crippen LogP) is 4.49. The van der Waals surface area contributed by atoms with Gasteiger partial charge in [0.1, 0.15) is 0 Å². The van der Waals surface area contributed by atoms with Crippen LogP contribution < -0.4 is 0 Å². The van der Waals surface area contributed by atoms with Crippen molar-refractivity contribution in [1.29, 1.82) is 0 Å². The molecule has 0 unspecified atom stereocenters. The van der Waals surface area contributed by atoms with Crippen LogP contribution in [0.4, 0.5) is 0 Å². The fraction of sp³-hybridized carbons (Fsp3) is 0.812. The zero-order valence-corrected chi connectivity index (χ0v) is 12.0. The molecule has 1 fully saturated rings. The molecule has 0 aromatic heterocycles. The third-order valence-corrected chi connectivity index (χ3v) is 4.13. The normalized spacial score (nSPS) is 23.7. The summed E-state index contributed by atoms with van der Waals surface area (Å²) in [7, 11) is 0. The minimum absolute atomic E-state index is 0.251. The molecule has 0 aromatic rings. The van der Waals surface area contributed by atoms with E-state index in [0.29, 0.717) is 12.2 Å². The number of carbonyl (C=O) groups is 1. The van der Waals surface area contributed by atoms with Crippen molar-refractivity contribution in [3.8, 4) is 0 Å². The number of unbranched alkanes of at least 4 members (excludes halogenated alkanes) is 1.